The van der Waals surface area contributed by atoms with Crippen LogP contribution in [0.25, 0.3) is 0 Å². The van der Waals surface area contributed by atoms with Crippen molar-refractivity contribution in [3.8, 4) is 11.5 Å². The summed E-state index contributed by atoms with van der Waals surface area (Å²) in [5.74, 6) is 3.17. The average molecular weight is 314 g/mol. The van der Waals surface area contributed by atoms with Gasteiger partial charge in [0.2, 0.25) is 5.95 Å². The van der Waals surface area contributed by atoms with E-state index in [1.54, 1.807) is 20.4 Å². The Balaban J connectivity index is 1.86. The third-order valence-corrected chi connectivity index (χ3v) is 4.02. The van der Waals surface area contributed by atoms with E-state index < -0.39 is 0 Å². The Morgan fingerprint density at radius 1 is 1.17 bits per heavy atom. The highest BCUT2D eigenvalue weighted by atomic mass is 16.5. The van der Waals surface area contributed by atoms with Crippen molar-refractivity contribution in [1.29, 1.82) is 0 Å². The summed E-state index contributed by atoms with van der Waals surface area (Å²) in [6.45, 7) is 4.57. The van der Waals surface area contributed by atoms with Crippen LogP contribution in [0, 0.1) is 0 Å². The van der Waals surface area contributed by atoms with Gasteiger partial charge in [-0.25, -0.2) is 4.98 Å². The Morgan fingerprint density at radius 2 is 1.91 bits per heavy atom. The molecule has 0 saturated heterocycles. The standard InChI is InChI=1S/C17H22N4O2/c1-4-18-17-19-7-5-16(20-17)21-8-6-12-9-14(22-2)15(23-3)10-13(12)11-21/h5,7,9-10H,4,6,8,11H2,1-3H3,(H,18,19,20). The highest BCUT2D eigenvalue weighted by Gasteiger charge is 2.20. The molecule has 1 aromatic carbocycles. The lowest BCUT2D eigenvalue weighted by Crippen LogP contribution is -2.31. The first kappa shape index (κ1) is 15.4. The summed E-state index contributed by atoms with van der Waals surface area (Å²) in [5.41, 5.74) is 2.55. The molecule has 0 unspecified atom stereocenters. The molecule has 1 N–H and O–H groups in total. The molecule has 23 heavy (non-hydrogen) atoms. The van der Waals surface area contributed by atoms with Crippen LogP contribution in [0.4, 0.5) is 11.8 Å². The first-order valence-electron chi connectivity index (χ1n) is 7.80. The van der Waals surface area contributed by atoms with Gasteiger partial charge >= 0.3 is 0 Å². The monoisotopic (exact) mass is 314 g/mol. The smallest absolute Gasteiger partial charge is 0.224 e. The summed E-state index contributed by atoms with van der Waals surface area (Å²) >= 11 is 0. The number of aromatic nitrogens is 2. The van der Waals surface area contributed by atoms with Crippen molar-refractivity contribution in [1.82, 2.24) is 9.97 Å². The number of benzene rings is 1. The Hall–Kier alpha value is -2.50. The van der Waals surface area contributed by atoms with Gasteiger partial charge in [0, 0.05) is 25.8 Å². The highest BCUT2D eigenvalue weighted by molar-refractivity contribution is 5.52. The second-order valence-corrected chi connectivity index (χ2v) is 5.42. The zero-order valence-electron chi connectivity index (χ0n) is 13.8. The Kier molecular flexibility index (Phi) is 4.50. The molecule has 0 spiro atoms. The van der Waals surface area contributed by atoms with E-state index in [2.05, 4.69) is 32.3 Å². The quantitative estimate of drug-likeness (QED) is 0.915. The molecule has 1 aromatic heterocycles. The second kappa shape index (κ2) is 6.73. The van der Waals surface area contributed by atoms with E-state index in [9.17, 15) is 0 Å². The molecule has 0 bridgehead atoms. The molecule has 2 heterocycles. The summed E-state index contributed by atoms with van der Waals surface area (Å²) < 4.78 is 10.8. The van der Waals surface area contributed by atoms with Crippen molar-refractivity contribution in [3.63, 3.8) is 0 Å². The van der Waals surface area contributed by atoms with Crippen LogP contribution in [0.15, 0.2) is 24.4 Å². The molecule has 0 amide bonds. The van der Waals surface area contributed by atoms with Gasteiger partial charge in [-0.15, -0.1) is 0 Å². The van der Waals surface area contributed by atoms with Gasteiger partial charge in [-0.2, -0.15) is 4.98 Å². The lowest BCUT2D eigenvalue weighted by Gasteiger charge is -2.30. The van der Waals surface area contributed by atoms with Gasteiger partial charge in [0.15, 0.2) is 11.5 Å². The van der Waals surface area contributed by atoms with E-state index in [0.29, 0.717) is 5.95 Å². The Bertz CT molecular complexity index is 690. The van der Waals surface area contributed by atoms with Crippen molar-refractivity contribution in [2.45, 2.75) is 19.9 Å². The topological polar surface area (TPSA) is 59.5 Å². The fourth-order valence-corrected chi connectivity index (χ4v) is 2.85. The fourth-order valence-electron chi connectivity index (χ4n) is 2.85. The van der Waals surface area contributed by atoms with Crippen LogP contribution in [0.5, 0.6) is 11.5 Å². The third kappa shape index (κ3) is 3.16. The second-order valence-electron chi connectivity index (χ2n) is 5.42. The van der Waals surface area contributed by atoms with Crippen molar-refractivity contribution in [2.75, 3.05) is 37.5 Å². The molecule has 2 aromatic rings. The Morgan fingerprint density at radius 3 is 2.61 bits per heavy atom. The molecule has 0 atom stereocenters. The van der Waals surface area contributed by atoms with Gasteiger partial charge < -0.3 is 19.7 Å². The average Bonchev–Trinajstić information content (AvgIpc) is 2.60. The van der Waals surface area contributed by atoms with Crippen LogP contribution in [-0.4, -0.2) is 37.3 Å². The zero-order chi connectivity index (χ0) is 16.2. The fraction of sp³-hybridized carbons (Fsp3) is 0.412. The predicted octanol–water partition coefficient (Wildman–Crippen LogP) is 2.49. The number of hydrogen-bond donors (Lipinski definition) is 1. The molecule has 0 saturated carbocycles. The molecule has 122 valence electrons. The van der Waals surface area contributed by atoms with Crippen LogP contribution >= 0.6 is 0 Å². The molecule has 6 nitrogen and oxygen atoms in total. The molecular formula is C17H22N4O2. The molecular weight excluding hydrogens is 292 g/mol. The lowest BCUT2D eigenvalue weighted by molar-refractivity contribution is 0.353. The van der Waals surface area contributed by atoms with E-state index in [-0.39, 0.29) is 0 Å². The number of anilines is 2. The van der Waals surface area contributed by atoms with Crippen molar-refractivity contribution in [3.05, 3.63) is 35.5 Å². The van der Waals surface area contributed by atoms with Crippen molar-refractivity contribution in [2.24, 2.45) is 0 Å². The van der Waals surface area contributed by atoms with Gasteiger partial charge in [-0.1, -0.05) is 0 Å². The van der Waals surface area contributed by atoms with Crippen LogP contribution in [0.1, 0.15) is 18.1 Å². The number of methoxy groups -OCH3 is 2. The molecule has 1 aliphatic heterocycles. The number of nitrogens with one attached hydrogen (secondary N) is 1. The van der Waals surface area contributed by atoms with Crippen molar-refractivity contribution < 1.29 is 9.47 Å². The maximum absolute atomic E-state index is 5.42. The lowest BCUT2D eigenvalue weighted by atomic mass is 9.99. The van der Waals surface area contributed by atoms with E-state index in [1.165, 1.54) is 11.1 Å². The molecule has 3 rings (SSSR count). The number of rotatable bonds is 5. The normalized spacial score (nSPS) is 13.4. The van der Waals surface area contributed by atoms with E-state index in [4.69, 9.17) is 9.47 Å². The minimum atomic E-state index is 0.670. The summed E-state index contributed by atoms with van der Waals surface area (Å²) in [6, 6.07) is 6.09. The van der Waals surface area contributed by atoms with Crippen LogP contribution in [0.2, 0.25) is 0 Å². The van der Waals surface area contributed by atoms with E-state index >= 15 is 0 Å². The maximum atomic E-state index is 5.42. The molecule has 6 heteroatoms. The summed E-state index contributed by atoms with van der Waals surface area (Å²) in [6.07, 6.45) is 2.75. The molecule has 1 aliphatic rings. The number of fused-ring (bicyclic) bond motifs is 1. The maximum Gasteiger partial charge on any atom is 0.224 e. The molecule has 0 aliphatic carbocycles. The summed E-state index contributed by atoms with van der Waals surface area (Å²) in [4.78, 5) is 11.1. The van der Waals surface area contributed by atoms with Crippen LogP contribution in [0.3, 0.4) is 0 Å². The van der Waals surface area contributed by atoms with Gasteiger partial charge in [0.05, 0.1) is 14.2 Å². The minimum absolute atomic E-state index is 0.670. The minimum Gasteiger partial charge on any atom is -0.493 e. The number of nitrogens with zero attached hydrogens (tertiary/aromatic N) is 3. The van der Waals surface area contributed by atoms with Gasteiger partial charge in [-0.3, -0.25) is 0 Å². The van der Waals surface area contributed by atoms with Crippen LogP contribution in [-0.2, 0) is 13.0 Å². The van der Waals surface area contributed by atoms with E-state index in [1.807, 2.05) is 13.0 Å². The van der Waals surface area contributed by atoms with Crippen molar-refractivity contribution >= 4 is 11.8 Å². The Labute approximate surface area is 136 Å². The van der Waals surface area contributed by atoms with Gasteiger partial charge in [0.1, 0.15) is 5.82 Å². The predicted molar refractivity (Wildman–Crippen MR) is 90.5 cm³/mol. The first-order chi connectivity index (χ1) is 11.2. The summed E-state index contributed by atoms with van der Waals surface area (Å²) in [7, 11) is 3.33. The van der Waals surface area contributed by atoms with Crippen LogP contribution < -0.4 is 19.7 Å². The SMILES string of the molecule is CCNc1nccc(N2CCc3cc(OC)c(OC)cc3C2)n1. The highest BCUT2D eigenvalue weighted by Crippen LogP contribution is 2.34. The first-order valence-corrected chi connectivity index (χ1v) is 7.80. The molecule has 0 fully saturated rings. The number of hydrogen-bond acceptors (Lipinski definition) is 6. The largest absolute Gasteiger partial charge is 0.493 e. The van der Waals surface area contributed by atoms with Gasteiger partial charge in [0.25, 0.3) is 0 Å². The number of ether oxygens (including phenoxy) is 2. The molecule has 0 radical (unpaired) electrons. The zero-order valence-corrected chi connectivity index (χ0v) is 13.8. The van der Waals surface area contributed by atoms with E-state index in [0.717, 1.165) is 43.4 Å². The summed E-state index contributed by atoms with van der Waals surface area (Å²) in [5, 5.41) is 3.15. The third-order valence-electron chi connectivity index (χ3n) is 4.02. The van der Waals surface area contributed by atoms with Gasteiger partial charge in [-0.05, 0) is 42.7 Å².